The number of carbonyl (C=O) groups is 1. The second-order valence-corrected chi connectivity index (χ2v) is 9.42. The fourth-order valence-electron chi connectivity index (χ4n) is 4.59. The molecule has 7 nitrogen and oxygen atoms in total. The van der Waals surface area contributed by atoms with Crippen LogP contribution in [-0.2, 0) is 14.4 Å². The summed E-state index contributed by atoms with van der Waals surface area (Å²) in [4.78, 5) is 18.2. The molecule has 0 aromatic carbocycles. The van der Waals surface area contributed by atoms with E-state index >= 15 is 0 Å². The average Bonchev–Trinajstić information content (AvgIpc) is 3.39. The van der Waals surface area contributed by atoms with Crippen molar-refractivity contribution in [2.24, 2.45) is 11.8 Å². The highest BCUT2D eigenvalue weighted by molar-refractivity contribution is 6.30. The number of hydroxylamine groups is 1. The summed E-state index contributed by atoms with van der Waals surface area (Å²) in [5, 5.41) is 5.39. The van der Waals surface area contributed by atoms with Gasteiger partial charge < -0.3 is 10.1 Å². The van der Waals surface area contributed by atoms with Gasteiger partial charge in [-0.2, -0.15) is 5.48 Å². The van der Waals surface area contributed by atoms with E-state index in [1.54, 1.807) is 0 Å². The number of amides is 1. The van der Waals surface area contributed by atoms with E-state index in [0.29, 0.717) is 12.5 Å². The fraction of sp³-hybridized carbons (Fsp3) is 0.944. The van der Waals surface area contributed by atoms with Crippen molar-refractivity contribution in [2.45, 2.75) is 67.7 Å². The first-order chi connectivity index (χ1) is 13.1. The summed E-state index contributed by atoms with van der Waals surface area (Å²) < 4.78 is 5.68. The van der Waals surface area contributed by atoms with Crippen LogP contribution < -0.4 is 16.2 Å². The Morgan fingerprint density at radius 2 is 2.04 bits per heavy atom. The van der Waals surface area contributed by atoms with Gasteiger partial charge in [0.2, 0.25) is 5.91 Å². The zero-order chi connectivity index (χ0) is 18.8. The summed E-state index contributed by atoms with van der Waals surface area (Å²) in [5.74, 6) is 0.553. The third kappa shape index (κ3) is 5.07. The number of nitrogens with zero attached hydrogens (tertiary/aromatic N) is 1. The van der Waals surface area contributed by atoms with Crippen LogP contribution in [0, 0.1) is 11.8 Å². The lowest BCUT2D eigenvalue weighted by Crippen LogP contribution is -2.45. The molecule has 0 aromatic rings. The molecule has 0 bridgehead atoms. The quantitative estimate of drug-likeness (QED) is 0.582. The van der Waals surface area contributed by atoms with Gasteiger partial charge in [0.25, 0.3) is 0 Å². The Balaban J connectivity index is 1.18. The molecule has 0 radical (unpaired) electrons. The zero-order valence-corrected chi connectivity index (χ0v) is 17.1. The highest BCUT2D eigenvalue weighted by Gasteiger charge is 2.37. The van der Waals surface area contributed by atoms with Gasteiger partial charge >= 0.3 is 0 Å². The van der Waals surface area contributed by atoms with Gasteiger partial charge in [-0.25, -0.2) is 5.01 Å². The van der Waals surface area contributed by atoms with Crippen LogP contribution in [0.5, 0.6) is 0 Å². The minimum atomic E-state index is -0.142. The summed E-state index contributed by atoms with van der Waals surface area (Å²) in [5.41, 5.74) is 6.31. The van der Waals surface area contributed by atoms with Crippen LogP contribution in [0.15, 0.2) is 0 Å². The lowest BCUT2D eigenvalue weighted by Gasteiger charge is -2.31. The van der Waals surface area contributed by atoms with E-state index in [1.165, 1.54) is 0 Å². The van der Waals surface area contributed by atoms with Gasteiger partial charge in [0, 0.05) is 38.0 Å². The minimum Gasteiger partial charge on any atom is -0.375 e. The summed E-state index contributed by atoms with van der Waals surface area (Å²) in [7, 11) is 0. The summed E-state index contributed by atoms with van der Waals surface area (Å²) in [6.07, 6.45) is 5.91. The molecule has 1 saturated carbocycles. The van der Waals surface area contributed by atoms with Crippen LogP contribution in [0.1, 0.15) is 38.5 Å². The van der Waals surface area contributed by atoms with Crippen LogP contribution in [0.3, 0.4) is 0 Å². The molecular weight excluding hydrogens is 391 g/mol. The van der Waals surface area contributed by atoms with Crippen LogP contribution in [0.4, 0.5) is 0 Å². The van der Waals surface area contributed by atoms with Crippen LogP contribution >= 0.6 is 23.2 Å². The number of ether oxygens (including phenoxy) is 1. The highest BCUT2D eigenvalue weighted by atomic mass is 35.5. The van der Waals surface area contributed by atoms with E-state index in [9.17, 15) is 4.79 Å². The largest absolute Gasteiger partial charge is 0.375 e. The topological polar surface area (TPSA) is 74.9 Å². The van der Waals surface area contributed by atoms with Crippen LogP contribution in [0.25, 0.3) is 0 Å². The summed E-state index contributed by atoms with van der Waals surface area (Å²) >= 11 is 12.5. The molecule has 9 heteroatoms. The number of carbonyl (C=O) groups excluding carboxylic acids is 1. The third-order valence-corrected chi connectivity index (χ3v) is 7.31. The van der Waals surface area contributed by atoms with Gasteiger partial charge in [-0.1, -0.05) is 0 Å². The number of rotatable bonds is 5. The normalized spacial score (nSPS) is 43.3. The Morgan fingerprint density at radius 1 is 1.15 bits per heavy atom. The van der Waals surface area contributed by atoms with Gasteiger partial charge in [-0.15, -0.1) is 23.2 Å². The van der Waals surface area contributed by atoms with E-state index in [1.807, 2.05) is 0 Å². The average molecular weight is 421 g/mol. The first kappa shape index (κ1) is 20.1. The summed E-state index contributed by atoms with van der Waals surface area (Å²) in [6, 6.07) is 0. The maximum atomic E-state index is 12.6. The lowest BCUT2D eigenvalue weighted by molar-refractivity contribution is -0.125. The van der Waals surface area contributed by atoms with Gasteiger partial charge in [-0.05, 0) is 38.0 Å². The molecule has 3 heterocycles. The van der Waals surface area contributed by atoms with E-state index in [-0.39, 0.29) is 41.0 Å². The number of hydrazine groups is 1. The first-order valence-electron chi connectivity index (χ1n) is 10.2. The molecule has 0 spiro atoms. The molecular formula is C18H30Cl2N4O3. The number of hydrogen-bond acceptors (Lipinski definition) is 6. The van der Waals surface area contributed by atoms with Crippen LogP contribution in [0.2, 0.25) is 0 Å². The predicted octanol–water partition coefficient (Wildman–Crippen LogP) is 1.35. The van der Waals surface area contributed by atoms with Crippen molar-refractivity contribution >= 4 is 29.1 Å². The fourth-order valence-corrected chi connectivity index (χ4v) is 5.19. The minimum absolute atomic E-state index is 0.0246. The van der Waals surface area contributed by atoms with E-state index in [4.69, 9.17) is 32.8 Å². The van der Waals surface area contributed by atoms with Gasteiger partial charge in [0.05, 0.1) is 17.4 Å². The number of halogens is 2. The molecule has 154 valence electrons. The molecule has 27 heavy (non-hydrogen) atoms. The molecule has 4 aliphatic rings. The molecule has 1 amide bonds. The molecule has 7 unspecified atom stereocenters. The molecule has 1 aliphatic carbocycles. The molecule has 0 aromatic heterocycles. The Hall–Kier alpha value is -0.150. The Labute approximate surface area is 170 Å². The molecule has 7 atom stereocenters. The first-order valence-corrected chi connectivity index (χ1v) is 11.1. The molecule has 3 saturated heterocycles. The summed E-state index contributed by atoms with van der Waals surface area (Å²) in [6.45, 7) is 3.12. The van der Waals surface area contributed by atoms with E-state index < -0.39 is 0 Å². The SMILES string of the molecule is O=C(NC1CC(C2CCCO2)ON1)C1CNN(CC2CCC(Cl)C(Cl)C2)C1. The number of alkyl halides is 2. The van der Waals surface area contributed by atoms with Crippen molar-refractivity contribution in [3.05, 3.63) is 0 Å². The third-order valence-electron chi connectivity index (χ3n) is 6.18. The molecule has 3 N–H and O–H groups in total. The molecule has 3 aliphatic heterocycles. The number of hydrogen-bond donors (Lipinski definition) is 3. The van der Waals surface area contributed by atoms with Crippen molar-refractivity contribution < 1.29 is 14.4 Å². The van der Waals surface area contributed by atoms with Crippen LogP contribution in [-0.4, -0.2) is 66.3 Å². The van der Waals surface area contributed by atoms with Gasteiger partial charge in [0.15, 0.2) is 0 Å². The monoisotopic (exact) mass is 420 g/mol. The van der Waals surface area contributed by atoms with E-state index in [2.05, 4.69) is 21.2 Å². The second kappa shape index (κ2) is 9.11. The molecule has 4 rings (SSSR count). The van der Waals surface area contributed by atoms with Gasteiger partial charge in [0.1, 0.15) is 12.3 Å². The maximum Gasteiger partial charge on any atom is 0.227 e. The van der Waals surface area contributed by atoms with E-state index in [0.717, 1.165) is 58.2 Å². The maximum absolute atomic E-state index is 12.6. The Morgan fingerprint density at radius 3 is 2.81 bits per heavy atom. The smallest absolute Gasteiger partial charge is 0.227 e. The van der Waals surface area contributed by atoms with Crippen molar-refractivity contribution in [3.8, 4) is 0 Å². The standard InChI is InChI=1S/C18H30Cl2N4O3/c19-13-4-3-11(6-14(13)20)9-24-10-12(8-21-24)18(25)22-17-7-16(27-23-17)15-2-1-5-26-15/h11-17,21,23H,1-10H2,(H,22,25). The highest BCUT2D eigenvalue weighted by Crippen LogP contribution is 2.32. The van der Waals surface area contributed by atoms with Gasteiger partial charge in [-0.3, -0.25) is 15.1 Å². The van der Waals surface area contributed by atoms with Crippen molar-refractivity contribution in [1.82, 2.24) is 21.2 Å². The van der Waals surface area contributed by atoms with Crippen molar-refractivity contribution in [1.29, 1.82) is 0 Å². The Bertz CT molecular complexity index is 523. The van der Waals surface area contributed by atoms with Crippen molar-refractivity contribution in [2.75, 3.05) is 26.2 Å². The predicted molar refractivity (Wildman–Crippen MR) is 103 cm³/mol. The second-order valence-electron chi connectivity index (χ2n) is 8.30. The molecule has 4 fully saturated rings. The lowest BCUT2D eigenvalue weighted by atomic mass is 9.88. The van der Waals surface area contributed by atoms with Crippen molar-refractivity contribution in [3.63, 3.8) is 0 Å². The zero-order valence-electron chi connectivity index (χ0n) is 15.5. The number of nitrogens with one attached hydrogen (secondary N) is 3. The Kier molecular flexibility index (Phi) is 6.80.